The van der Waals surface area contributed by atoms with E-state index < -0.39 is 44.1 Å². The summed E-state index contributed by atoms with van der Waals surface area (Å²) in [5.74, 6) is -3.67. The van der Waals surface area contributed by atoms with Crippen LogP contribution in [-0.2, 0) is 18.6 Å². The predicted molar refractivity (Wildman–Crippen MR) is 41.3 cm³/mol. The first-order valence-electron chi connectivity index (χ1n) is 3.91. The van der Waals surface area contributed by atoms with Gasteiger partial charge < -0.3 is 38.9 Å². The fourth-order valence-electron chi connectivity index (χ4n) is 1.01. The third-order valence-electron chi connectivity index (χ3n) is 1.66. The Kier molecular flexibility index (Phi) is 9.69. The van der Waals surface area contributed by atoms with Crippen molar-refractivity contribution in [2.75, 3.05) is 6.61 Å². The Labute approximate surface area is 146 Å². The van der Waals surface area contributed by atoms with Gasteiger partial charge in [0, 0.05) is 0 Å². The molecule has 1 heterocycles. The molecule has 0 bridgehead atoms. The van der Waals surface area contributed by atoms with Gasteiger partial charge >= 0.3 is 65.1 Å². The van der Waals surface area contributed by atoms with Crippen molar-refractivity contribution in [2.24, 2.45) is 0 Å². The minimum atomic E-state index is -5.52. The van der Waals surface area contributed by atoms with E-state index in [2.05, 4.69) is 9.26 Å². The average molecular weight is 300 g/mol. The van der Waals surface area contributed by atoms with Gasteiger partial charge in [0.2, 0.25) is 0 Å². The molecule has 0 radical (unpaired) electrons. The van der Waals surface area contributed by atoms with Crippen LogP contribution in [0.5, 0.6) is 0 Å². The van der Waals surface area contributed by atoms with Gasteiger partial charge in [0.05, 0.1) is 6.61 Å². The third kappa shape index (κ3) is 5.48. The van der Waals surface area contributed by atoms with Crippen LogP contribution in [0.25, 0.3) is 0 Å². The quantitative estimate of drug-likeness (QED) is 0.260. The van der Waals surface area contributed by atoms with E-state index in [1.54, 1.807) is 0 Å². The zero-order chi connectivity index (χ0) is 12.5. The molecule has 0 aromatic rings. The number of carbonyl (C=O) groups is 1. The Morgan fingerprint density at radius 1 is 1.44 bits per heavy atom. The number of aliphatic hydroxyl groups excluding tert-OH is 3. The molecule has 0 fully saturated rings. The summed E-state index contributed by atoms with van der Waals surface area (Å²) in [6.45, 7) is -0.846. The first-order valence-corrected chi connectivity index (χ1v) is 5.37. The van der Waals surface area contributed by atoms with Gasteiger partial charge in [0.15, 0.2) is 11.9 Å². The molecule has 12 heteroatoms. The predicted octanol–water partition coefficient (Wildman–Crippen LogP) is -9.11. The van der Waals surface area contributed by atoms with Crippen LogP contribution in [0.3, 0.4) is 0 Å². The molecule has 0 aromatic carbocycles. The summed E-state index contributed by atoms with van der Waals surface area (Å²) in [6.07, 6.45) is -3.30. The first-order chi connectivity index (χ1) is 7.26. The maximum absolute atomic E-state index is 10.9. The van der Waals surface area contributed by atoms with E-state index in [4.69, 9.17) is 10.2 Å². The van der Waals surface area contributed by atoms with E-state index in [0.717, 1.165) is 0 Å². The molecule has 0 saturated heterocycles. The van der Waals surface area contributed by atoms with E-state index in [-0.39, 0.29) is 59.1 Å². The molecule has 18 heavy (non-hydrogen) atoms. The standard InChI is InChI=1S/C6H9O9P.2Na/c7-1-2(8)4-3(9)5(6(10)14-4)15-16(11,12)13;;/h2,4,7-9H,1H2,(H2,11,12,13);;/q;2*+1/p-2. The summed E-state index contributed by atoms with van der Waals surface area (Å²) in [7, 11) is -5.52. The van der Waals surface area contributed by atoms with Gasteiger partial charge in [-0.2, -0.15) is 0 Å². The molecular weight excluding hydrogens is 293 g/mol. The maximum atomic E-state index is 10.9. The van der Waals surface area contributed by atoms with Gasteiger partial charge in [-0.3, -0.25) is 0 Å². The molecular formula is C6H7Na2O9P. The number of hydrogen-bond acceptors (Lipinski definition) is 9. The number of carbonyl (C=O) groups excluding carboxylic acids is 1. The second kappa shape index (κ2) is 8.23. The number of ether oxygens (including phenoxy) is 1. The van der Waals surface area contributed by atoms with Crippen LogP contribution in [0.15, 0.2) is 11.5 Å². The van der Waals surface area contributed by atoms with Crippen molar-refractivity contribution in [3.8, 4) is 0 Å². The average Bonchev–Trinajstić information content (AvgIpc) is 2.42. The van der Waals surface area contributed by atoms with Crippen LogP contribution in [-0.4, -0.2) is 40.1 Å². The van der Waals surface area contributed by atoms with Crippen LogP contribution in [0, 0.1) is 0 Å². The molecule has 0 aliphatic carbocycles. The van der Waals surface area contributed by atoms with Crippen molar-refractivity contribution in [2.45, 2.75) is 12.2 Å². The molecule has 2 unspecified atom stereocenters. The molecule has 1 aliphatic rings. The number of aliphatic hydroxyl groups is 3. The van der Waals surface area contributed by atoms with Gasteiger partial charge in [-0.15, -0.1) is 0 Å². The topological polar surface area (TPSA) is 159 Å². The molecule has 0 aromatic heterocycles. The van der Waals surface area contributed by atoms with E-state index >= 15 is 0 Å². The van der Waals surface area contributed by atoms with Crippen molar-refractivity contribution >= 4 is 13.8 Å². The van der Waals surface area contributed by atoms with Gasteiger partial charge in [-0.1, -0.05) is 0 Å². The molecule has 2 atom stereocenters. The van der Waals surface area contributed by atoms with Gasteiger partial charge in [-0.05, 0) is 0 Å². The number of phosphoric acid groups is 1. The van der Waals surface area contributed by atoms with Gasteiger partial charge in [0.1, 0.15) is 13.9 Å². The van der Waals surface area contributed by atoms with Crippen LogP contribution in [0.4, 0.5) is 0 Å². The maximum Gasteiger partial charge on any atom is 1.00 e. The second-order valence-electron chi connectivity index (χ2n) is 2.83. The van der Waals surface area contributed by atoms with E-state index in [9.17, 15) is 24.3 Å². The van der Waals surface area contributed by atoms with Crippen molar-refractivity contribution in [3.63, 3.8) is 0 Å². The normalized spacial score (nSPS) is 20.7. The summed E-state index contributed by atoms with van der Waals surface area (Å²) >= 11 is 0. The number of rotatable bonds is 4. The van der Waals surface area contributed by atoms with Crippen LogP contribution >= 0.6 is 7.82 Å². The smallest absolute Gasteiger partial charge is 0.780 e. The Morgan fingerprint density at radius 2 is 1.94 bits per heavy atom. The molecule has 3 N–H and O–H groups in total. The second-order valence-corrected chi connectivity index (χ2v) is 3.91. The Morgan fingerprint density at radius 3 is 2.33 bits per heavy atom. The Bertz CT molecular complexity index is 377. The van der Waals surface area contributed by atoms with Crippen molar-refractivity contribution < 1.29 is 103 Å². The van der Waals surface area contributed by atoms with E-state index in [1.165, 1.54) is 0 Å². The molecule has 0 saturated carbocycles. The number of phosphoric ester groups is 1. The van der Waals surface area contributed by atoms with Crippen molar-refractivity contribution in [1.82, 2.24) is 0 Å². The van der Waals surface area contributed by atoms with Crippen LogP contribution in [0.2, 0.25) is 0 Å². The third-order valence-corrected chi connectivity index (χ3v) is 2.07. The fraction of sp³-hybridized carbons (Fsp3) is 0.500. The van der Waals surface area contributed by atoms with Gasteiger partial charge in [0.25, 0.3) is 5.76 Å². The summed E-state index contributed by atoms with van der Waals surface area (Å²) in [4.78, 5) is 31.4. The number of hydrogen-bond donors (Lipinski definition) is 3. The molecule has 0 amide bonds. The number of esters is 1. The summed E-state index contributed by atoms with van der Waals surface area (Å²) in [5, 5.41) is 26.8. The molecule has 9 nitrogen and oxygen atoms in total. The van der Waals surface area contributed by atoms with E-state index in [1.807, 2.05) is 0 Å². The molecule has 1 rings (SSSR count). The monoisotopic (exact) mass is 300 g/mol. The molecule has 92 valence electrons. The van der Waals surface area contributed by atoms with Crippen LogP contribution in [0.1, 0.15) is 0 Å². The summed E-state index contributed by atoms with van der Waals surface area (Å²) in [6, 6.07) is 0. The molecule has 1 aliphatic heterocycles. The minimum Gasteiger partial charge on any atom is -0.780 e. The van der Waals surface area contributed by atoms with Crippen molar-refractivity contribution in [1.29, 1.82) is 0 Å². The zero-order valence-electron chi connectivity index (χ0n) is 9.60. The SMILES string of the molecule is O=C1OC(C(O)CO)C(O)=C1OP(=O)([O-])[O-].[Na+].[Na+]. The largest absolute Gasteiger partial charge is 1.00 e. The van der Waals surface area contributed by atoms with Crippen LogP contribution < -0.4 is 68.9 Å². The number of cyclic esters (lactones) is 1. The zero-order valence-corrected chi connectivity index (χ0v) is 14.5. The minimum absolute atomic E-state index is 0. The Balaban J connectivity index is 0. The van der Waals surface area contributed by atoms with Gasteiger partial charge in [-0.25, -0.2) is 4.79 Å². The summed E-state index contributed by atoms with van der Waals surface area (Å²) in [5.41, 5.74) is 0. The molecule has 0 spiro atoms. The fourth-order valence-corrected chi connectivity index (χ4v) is 1.40. The van der Waals surface area contributed by atoms with Crippen molar-refractivity contribution in [3.05, 3.63) is 11.5 Å². The first kappa shape index (κ1) is 21.2. The van der Waals surface area contributed by atoms with E-state index in [0.29, 0.717) is 0 Å². The Hall–Kier alpha value is 0.880. The summed E-state index contributed by atoms with van der Waals surface area (Å²) < 4.78 is 18.2.